The maximum absolute atomic E-state index is 12.2. The van der Waals surface area contributed by atoms with Crippen LogP contribution in [0, 0.1) is 0 Å². The molecule has 3 aromatic carbocycles. The Balaban J connectivity index is 1.33. The number of hydrogen-bond donors (Lipinski definition) is 2. The van der Waals surface area contributed by atoms with Crippen LogP contribution in [0.5, 0.6) is 5.75 Å². The van der Waals surface area contributed by atoms with Crippen molar-refractivity contribution in [1.82, 2.24) is 9.97 Å². The number of H-pyrrole nitrogens is 1. The van der Waals surface area contributed by atoms with Gasteiger partial charge in [-0.3, -0.25) is 4.79 Å². The Kier molecular flexibility index (Phi) is 5.80. The number of imidazole rings is 1. The van der Waals surface area contributed by atoms with Gasteiger partial charge >= 0.3 is 0 Å². The van der Waals surface area contributed by atoms with Crippen molar-refractivity contribution in [2.45, 2.75) is 26.2 Å². The molecule has 1 heterocycles. The van der Waals surface area contributed by atoms with E-state index < -0.39 is 0 Å². The van der Waals surface area contributed by atoms with Gasteiger partial charge in [0.2, 0.25) is 0 Å². The predicted molar refractivity (Wildman–Crippen MR) is 121 cm³/mol. The molecule has 1 amide bonds. The third kappa shape index (κ3) is 4.51. The molecule has 0 unspecified atom stereocenters. The normalized spacial score (nSPS) is 11.9. The Morgan fingerprint density at radius 2 is 1.77 bits per heavy atom. The van der Waals surface area contributed by atoms with Crippen molar-refractivity contribution in [3.63, 3.8) is 0 Å². The van der Waals surface area contributed by atoms with Gasteiger partial charge < -0.3 is 15.0 Å². The van der Waals surface area contributed by atoms with Gasteiger partial charge in [0.25, 0.3) is 5.91 Å². The van der Waals surface area contributed by atoms with E-state index in [1.165, 1.54) is 5.56 Å². The summed E-state index contributed by atoms with van der Waals surface area (Å²) in [6.45, 7) is 4.33. The first kappa shape index (κ1) is 19.7. The van der Waals surface area contributed by atoms with Crippen molar-refractivity contribution in [1.29, 1.82) is 0 Å². The van der Waals surface area contributed by atoms with Crippen molar-refractivity contribution >= 4 is 22.6 Å². The topological polar surface area (TPSA) is 67.0 Å². The minimum Gasteiger partial charge on any atom is -0.484 e. The first-order valence-corrected chi connectivity index (χ1v) is 10.2. The molecule has 5 nitrogen and oxygen atoms in total. The summed E-state index contributed by atoms with van der Waals surface area (Å²) in [6.07, 6.45) is 1.09. The number of fused-ring (bicyclic) bond motifs is 1. The van der Waals surface area contributed by atoms with Gasteiger partial charge in [0.15, 0.2) is 6.61 Å². The van der Waals surface area contributed by atoms with Gasteiger partial charge in [-0.1, -0.05) is 38.1 Å². The van der Waals surface area contributed by atoms with Crippen molar-refractivity contribution in [3.05, 3.63) is 78.4 Å². The van der Waals surface area contributed by atoms with E-state index in [0.29, 0.717) is 11.7 Å². The smallest absolute Gasteiger partial charge is 0.262 e. The Morgan fingerprint density at radius 1 is 1.03 bits per heavy atom. The number of ether oxygens (including phenoxy) is 1. The molecule has 30 heavy (non-hydrogen) atoms. The quantitative estimate of drug-likeness (QED) is 0.415. The molecule has 0 aliphatic rings. The number of carbonyl (C=O) groups excluding carboxylic acids is 1. The lowest BCUT2D eigenvalue weighted by Crippen LogP contribution is -2.20. The zero-order chi connectivity index (χ0) is 20.9. The Labute approximate surface area is 176 Å². The number of nitrogens with one attached hydrogen (secondary N) is 2. The number of benzene rings is 3. The molecule has 2 N–H and O–H groups in total. The Morgan fingerprint density at radius 3 is 2.47 bits per heavy atom. The highest BCUT2D eigenvalue weighted by atomic mass is 16.5. The van der Waals surface area contributed by atoms with Crippen LogP contribution in [0.15, 0.2) is 72.8 Å². The first-order valence-electron chi connectivity index (χ1n) is 10.2. The highest BCUT2D eigenvalue weighted by Crippen LogP contribution is 2.23. The average Bonchev–Trinajstić information content (AvgIpc) is 3.22. The minimum absolute atomic E-state index is 0.0337. The predicted octanol–water partition coefficient (Wildman–Crippen LogP) is 5.76. The second kappa shape index (κ2) is 8.82. The molecule has 0 spiro atoms. The molecule has 0 saturated carbocycles. The molecule has 0 saturated heterocycles. The van der Waals surface area contributed by atoms with E-state index >= 15 is 0 Å². The summed E-state index contributed by atoms with van der Waals surface area (Å²) in [5.74, 6) is 1.82. The summed E-state index contributed by atoms with van der Waals surface area (Å²) in [5, 5.41) is 2.86. The Hall–Kier alpha value is -3.60. The molecule has 0 aliphatic carbocycles. The van der Waals surface area contributed by atoms with Crippen LogP contribution in [0.1, 0.15) is 31.7 Å². The average molecular weight is 399 g/mol. The van der Waals surface area contributed by atoms with Crippen molar-refractivity contribution in [3.8, 4) is 17.1 Å². The van der Waals surface area contributed by atoms with E-state index in [2.05, 4.69) is 41.3 Å². The van der Waals surface area contributed by atoms with Gasteiger partial charge in [-0.2, -0.15) is 0 Å². The van der Waals surface area contributed by atoms with E-state index in [4.69, 9.17) is 4.74 Å². The van der Waals surface area contributed by atoms with Crippen LogP contribution in [0.3, 0.4) is 0 Å². The van der Waals surface area contributed by atoms with E-state index in [9.17, 15) is 4.79 Å². The van der Waals surface area contributed by atoms with Gasteiger partial charge in [-0.15, -0.1) is 0 Å². The molecule has 1 aromatic heterocycles. The molecule has 4 aromatic rings. The number of para-hydroxylation sites is 2. The summed E-state index contributed by atoms with van der Waals surface area (Å²) in [5.41, 5.74) is 4.88. The molecule has 0 aliphatic heterocycles. The highest BCUT2D eigenvalue weighted by Gasteiger charge is 2.08. The van der Waals surface area contributed by atoms with Crippen LogP contribution in [-0.4, -0.2) is 22.5 Å². The molecular weight excluding hydrogens is 374 g/mol. The third-order valence-corrected chi connectivity index (χ3v) is 5.26. The van der Waals surface area contributed by atoms with E-state index in [0.717, 1.165) is 34.5 Å². The summed E-state index contributed by atoms with van der Waals surface area (Å²) in [4.78, 5) is 20.1. The van der Waals surface area contributed by atoms with Crippen LogP contribution < -0.4 is 10.1 Å². The summed E-state index contributed by atoms with van der Waals surface area (Å²) in [7, 11) is 0. The van der Waals surface area contributed by atoms with Crippen molar-refractivity contribution < 1.29 is 9.53 Å². The molecule has 0 bridgehead atoms. The van der Waals surface area contributed by atoms with Crippen LogP contribution in [0.25, 0.3) is 22.4 Å². The molecule has 1 atom stereocenters. The second-order valence-corrected chi connectivity index (χ2v) is 7.40. The standard InChI is InChI=1S/C25H25N3O2/c1-3-17(2)18-10-14-21(15-11-18)30-16-24(29)26-20-12-8-19(9-13-20)25-27-22-6-4-5-7-23(22)28-25/h4-15,17H,3,16H2,1-2H3,(H,26,29)(H,27,28)/t17-/m0/s1. The first-order chi connectivity index (χ1) is 14.6. The number of aromatic amines is 1. The van der Waals surface area contributed by atoms with Crippen LogP contribution in [0.2, 0.25) is 0 Å². The SMILES string of the molecule is CC[C@H](C)c1ccc(OCC(=O)Nc2ccc(-c3nc4ccccc4[nH]3)cc2)cc1. The fourth-order valence-electron chi connectivity index (χ4n) is 3.28. The van der Waals surface area contributed by atoms with Gasteiger partial charge in [0.05, 0.1) is 11.0 Å². The third-order valence-electron chi connectivity index (χ3n) is 5.26. The minimum atomic E-state index is -0.197. The lowest BCUT2D eigenvalue weighted by atomic mass is 9.99. The highest BCUT2D eigenvalue weighted by molar-refractivity contribution is 5.92. The number of rotatable bonds is 7. The number of amides is 1. The summed E-state index contributed by atoms with van der Waals surface area (Å²) in [6, 6.07) is 23.4. The zero-order valence-corrected chi connectivity index (χ0v) is 17.2. The Bertz CT molecular complexity index is 1100. The van der Waals surface area contributed by atoms with Gasteiger partial charge in [-0.25, -0.2) is 4.98 Å². The molecular formula is C25H25N3O2. The largest absolute Gasteiger partial charge is 0.484 e. The zero-order valence-electron chi connectivity index (χ0n) is 17.2. The van der Waals surface area contributed by atoms with Gasteiger partial charge in [0, 0.05) is 11.3 Å². The number of nitrogens with zero attached hydrogens (tertiary/aromatic N) is 1. The van der Waals surface area contributed by atoms with Crippen LogP contribution in [0.4, 0.5) is 5.69 Å². The lowest BCUT2D eigenvalue weighted by Gasteiger charge is -2.11. The molecule has 5 heteroatoms. The number of anilines is 1. The molecule has 0 radical (unpaired) electrons. The van der Waals surface area contributed by atoms with Crippen LogP contribution >= 0.6 is 0 Å². The maximum atomic E-state index is 12.2. The maximum Gasteiger partial charge on any atom is 0.262 e. The molecule has 0 fully saturated rings. The lowest BCUT2D eigenvalue weighted by molar-refractivity contribution is -0.118. The number of carbonyl (C=O) groups is 1. The number of aromatic nitrogens is 2. The van der Waals surface area contributed by atoms with E-state index in [1.54, 1.807) is 0 Å². The van der Waals surface area contributed by atoms with Crippen molar-refractivity contribution in [2.75, 3.05) is 11.9 Å². The van der Waals surface area contributed by atoms with Gasteiger partial charge in [0.1, 0.15) is 11.6 Å². The summed E-state index contributed by atoms with van der Waals surface area (Å²) >= 11 is 0. The van der Waals surface area contributed by atoms with Crippen molar-refractivity contribution in [2.24, 2.45) is 0 Å². The number of hydrogen-bond acceptors (Lipinski definition) is 3. The fraction of sp³-hybridized carbons (Fsp3) is 0.200. The monoisotopic (exact) mass is 399 g/mol. The van der Waals surface area contributed by atoms with Crippen LogP contribution in [-0.2, 0) is 4.79 Å². The molecule has 4 rings (SSSR count). The van der Waals surface area contributed by atoms with E-state index in [1.807, 2.05) is 60.7 Å². The van der Waals surface area contributed by atoms with Gasteiger partial charge in [-0.05, 0) is 66.4 Å². The second-order valence-electron chi connectivity index (χ2n) is 7.40. The van der Waals surface area contributed by atoms with E-state index in [-0.39, 0.29) is 12.5 Å². The molecule has 152 valence electrons. The fourth-order valence-corrected chi connectivity index (χ4v) is 3.28. The summed E-state index contributed by atoms with van der Waals surface area (Å²) < 4.78 is 5.61.